The number of nitrogens with one attached hydrogen (secondary N) is 1. The fraction of sp³-hybridized carbons (Fsp3) is 0.483. The number of halogens is 3. The number of carbonyl (C=O) groups is 3. The van der Waals surface area contributed by atoms with Crippen LogP contribution in [0.25, 0.3) is 0 Å². The van der Waals surface area contributed by atoms with Crippen molar-refractivity contribution in [2.75, 3.05) is 44.4 Å². The molecule has 0 aliphatic carbocycles. The molecule has 12 nitrogen and oxygen atoms in total. The number of nitrogens with zero attached hydrogens (tertiary/aromatic N) is 1. The van der Waals surface area contributed by atoms with Crippen LogP contribution in [0.5, 0.6) is 11.5 Å². The van der Waals surface area contributed by atoms with Gasteiger partial charge in [0.15, 0.2) is 18.1 Å². The van der Waals surface area contributed by atoms with Crippen molar-refractivity contribution in [3.05, 3.63) is 53.1 Å². The Hall–Kier alpha value is -4.08. The predicted molar refractivity (Wildman–Crippen MR) is 155 cm³/mol. The van der Waals surface area contributed by atoms with Gasteiger partial charge in [-0.1, -0.05) is 18.2 Å². The molecule has 2 aromatic rings. The standard InChI is InChI=1S/C25H32F3N3O4.C4H7NO4/c1-17(30-8-12-34-21-5-2-3-6-22(21)35-16-25(26,27)28)13-18-14-19-7-10-31(9-4-11-32)23(19)20(15-18)24(29)33;5-2(4(8)9)1-3(6)7/h2-3,5-6,14-15,17,30,32H,4,7-13,16H2,1H3,(H2,29,33);2H,1,5H2,(H,6,7)(H,8,9)/t17-;2-/m10/s1. The molecule has 15 heteroatoms. The molecule has 8 N–H and O–H groups in total. The van der Waals surface area contributed by atoms with E-state index in [1.807, 2.05) is 13.0 Å². The monoisotopic (exact) mass is 628 g/mol. The van der Waals surface area contributed by atoms with Gasteiger partial charge in [0, 0.05) is 32.3 Å². The zero-order valence-corrected chi connectivity index (χ0v) is 24.3. The molecule has 1 heterocycles. The number of ether oxygens (including phenoxy) is 2. The Balaban J connectivity index is 0.000000651. The molecule has 2 aromatic carbocycles. The molecule has 0 spiro atoms. The number of aliphatic hydroxyl groups excluding tert-OH is 1. The number of benzene rings is 2. The van der Waals surface area contributed by atoms with Crippen molar-refractivity contribution in [2.24, 2.45) is 11.5 Å². The molecule has 244 valence electrons. The van der Waals surface area contributed by atoms with Gasteiger partial charge in [-0.05, 0) is 55.5 Å². The molecule has 0 fully saturated rings. The number of nitrogens with two attached hydrogens (primary N) is 2. The van der Waals surface area contributed by atoms with Crippen LogP contribution < -0.4 is 31.2 Å². The van der Waals surface area contributed by atoms with Crippen molar-refractivity contribution in [1.29, 1.82) is 0 Å². The molecular formula is C29H39F3N4O8. The second-order valence-corrected chi connectivity index (χ2v) is 10.1. The van der Waals surface area contributed by atoms with E-state index in [0.717, 1.165) is 29.8 Å². The van der Waals surface area contributed by atoms with Crippen molar-refractivity contribution >= 4 is 23.5 Å². The smallest absolute Gasteiger partial charge is 0.422 e. The highest BCUT2D eigenvalue weighted by Gasteiger charge is 2.29. The largest absolute Gasteiger partial charge is 0.488 e. The summed E-state index contributed by atoms with van der Waals surface area (Å²) in [4.78, 5) is 33.9. The number of anilines is 1. The van der Waals surface area contributed by atoms with E-state index in [0.29, 0.717) is 31.5 Å². The number of carbonyl (C=O) groups excluding carboxylic acids is 1. The summed E-state index contributed by atoms with van der Waals surface area (Å²) < 4.78 is 47.8. The second-order valence-electron chi connectivity index (χ2n) is 10.1. The van der Waals surface area contributed by atoms with Gasteiger partial charge in [-0.3, -0.25) is 14.4 Å². The van der Waals surface area contributed by atoms with Crippen LogP contribution in [-0.2, 0) is 22.4 Å². The molecule has 0 saturated heterocycles. The van der Waals surface area contributed by atoms with Gasteiger partial charge in [-0.15, -0.1) is 0 Å². The van der Waals surface area contributed by atoms with E-state index in [4.69, 9.17) is 36.3 Å². The van der Waals surface area contributed by atoms with Gasteiger partial charge >= 0.3 is 18.1 Å². The fourth-order valence-corrected chi connectivity index (χ4v) is 4.50. The lowest BCUT2D eigenvalue weighted by atomic mass is 9.98. The summed E-state index contributed by atoms with van der Waals surface area (Å²) in [5.41, 5.74) is 14.0. The van der Waals surface area contributed by atoms with Crippen molar-refractivity contribution in [2.45, 2.75) is 50.9 Å². The number of aliphatic carboxylic acids is 2. The summed E-state index contributed by atoms with van der Waals surface area (Å²) in [5, 5.41) is 28.5. The maximum absolute atomic E-state index is 12.4. The number of carboxylic acid groups (broad SMARTS) is 2. The van der Waals surface area contributed by atoms with Crippen LogP contribution in [0.4, 0.5) is 18.9 Å². The fourth-order valence-electron chi connectivity index (χ4n) is 4.50. The Bertz CT molecular complexity index is 1260. The van der Waals surface area contributed by atoms with Crippen molar-refractivity contribution < 1.29 is 52.3 Å². The number of primary amides is 1. The third kappa shape index (κ3) is 12.3. The van der Waals surface area contributed by atoms with Crippen molar-refractivity contribution in [1.82, 2.24) is 5.32 Å². The van der Waals surface area contributed by atoms with Gasteiger partial charge in [-0.2, -0.15) is 13.2 Å². The normalized spacial score (nSPS) is 13.7. The molecule has 0 unspecified atom stereocenters. The van der Waals surface area contributed by atoms with Gasteiger partial charge in [0.25, 0.3) is 5.91 Å². The zero-order chi connectivity index (χ0) is 32.9. The molecular weight excluding hydrogens is 589 g/mol. The molecule has 0 bridgehead atoms. The molecule has 1 aliphatic heterocycles. The van der Waals surface area contributed by atoms with Crippen LogP contribution >= 0.6 is 0 Å². The molecule has 2 atom stereocenters. The van der Waals surface area contributed by atoms with E-state index in [-0.39, 0.29) is 30.8 Å². The number of rotatable bonds is 16. The molecule has 3 rings (SSSR count). The van der Waals surface area contributed by atoms with Crippen molar-refractivity contribution in [3.63, 3.8) is 0 Å². The summed E-state index contributed by atoms with van der Waals surface area (Å²) in [6, 6.07) is 8.96. The van der Waals surface area contributed by atoms with Crippen LogP contribution in [0.3, 0.4) is 0 Å². The topological polar surface area (TPSA) is 198 Å². The van der Waals surface area contributed by atoms with Crippen LogP contribution in [0.2, 0.25) is 0 Å². The van der Waals surface area contributed by atoms with Gasteiger partial charge in [0.1, 0.15) is 12.6 Å². The summed E-state index contributed by atoms with van der Waals surface area (Å²) >= 11 is 0. The molecule has 0 saturated carbocycles. The van der Waals surface area contributed by atoms with E-state index in [2.05, 4.69) is 16.3 Å². The molecule has 44 heavy (non-hydrogen) atoms. The highest BCUT2D eigenvalue weighted by Crippen LogP contribution is 2.33. The summed E-state index contributed by atoms with van der Waals surface area (Å²) in [6.45, 7) is 2.89. The van der Waals surface area contributed by atoms with Gasteiger partial charge in [0.05, 0.1) is 17.7 Å². The lowest BCUT2D eigenvalue weighted by Gasteiger charge is -2.22. The van der Waals surface area contributed by atoms with E-state index >= 15 is 0 Å². The number of hydrogen-bond donors (Lipinski definition) is 6. The molecule has 1 aliphatic rings. The Kier molecular flexibility index (Phi) is 14.2. The Labute approximate surface area is 252 Å². The van der Waals surface area contributed by atoms with E-state index in [9.17, 15) is 27.6 Å². The summed E-state index contributed by atoms with van der Waals surface area (Å²) in [7, 11) is 0. The molecule has 1 amide bonds. The van der Waals surface area contributed by atoms with Crippen molar-refractivity contribution in [3.8, 4) is 11.5 Å². The third-order valence-electron chi connectivity index (χ3n) is 6.41. The van der Waals surface area contributed by atoms with Gasteiger partial charge in [0.2, 0.25) is 0 Å². The average molecular weight is 629 g/mol. The lowest BCUT2D eigenvalue weighted by Crippen LogP contribution is -2.32. The first kappa shape index (κ1) is 36.1. The number of hydrogen-bond acceptors (Lipinski definition) is 9. The zero-order valence-electron chi connectivity index (χ0n) is 24.3. The first-order valence-electron chi connectivity index (χ1n) is 13.9. The number of para-hydroxylation sites is 2. The number of carboxylic acids is 2. The van der Waals surface area contributed by atoms with Crippen LogP contribution in [0.15, 0.2) is 36.4 Å². The Morgan fingerprint density at radius 2 is 1.77 bits per heavy atom. The summed E-state index contributed by atoms with van der Waals surface area (Å²) in [6.07, 6.45) is -2.85. The van der Waals surface area contributed by atoms with E-state index in [1.54, 1.807) is 18.2 Å². The minimum atomic E-state index is -4.42. The highest BCUT2D eigenvalue weighted by molar-refractivity contribution is 6.00. The first-order valence-corrected chi connectivity index (χ1v) is 13.9. The molecule has 0 radical (unpaired) electrons. The molecule has 0 aromatic heterocycles. The highest BCUT2D eigenvalue weighted by atomic mass is 19.4. The lowest BCUT2D eigenvalue weighted by molar-refractivity contribution is -0.153. The number of alkyl halides is 3. The SMILES string of the molecule is C[C@H](Cc1cc2c(c(C(N)=O)c1)N(CCCO)CC2)NCCOc1ccccc1OCC(F)(F)F.N[C@@H](CC(=O)O)C(=O)O. The van der Waals surface area contributed by atoms with E-state index < -0.39 is 43.1 Å². The Morgan fingerprint density at radius 1 is 1.11 bits per heavy atom. The van der Waals surface area contributed by atoms with E-state index in [1.165, 1.54) is 6.07 Å². The van der Waals surface area contributed by atoms with Gasteiger partial charge < -0.3 is 46.5 Å². The van der Waals surface area contributed by atoms with Crippen LogP contribution in [0, 0.1) is 0 Å². The first-order chi connectivity index (χ1) is 20.7. The van der Waals surface area contributed by atoms with Crippen LogP contribution in [0.1, 0.15) is 41.3 Å². The number of fused-ring (bicyclic) bond motifs is 1. The third-order valence-corrected chi connectivity index (χ3v) is 6.41. The number of amides is 1. The quantitative estimate of drug-likeness (QED) is 0.149. The van der Waals surface area contributed by atoms with Gasteiger partial charge in [-0.25, -0.2) is 0 Å². The minimum absolute atomic E-state index is 0.0445. The average Bonchev–Trinajstić information content (AvgIpc) is 3.35. The minimum Gasteiger partial charge on any atom is -0.488 e. The summed E-state index contributed by atoms with van der Waals surface area (Å²) in [5.74, 6) is -2.67. The predicted octanol–water partition coefficient (Wildman–Crippen LogP) is 1.94. The maximum atomic E-state index is 12.4. The second kappa shape index (κ2) is 17.3. The Morgan fingerprint density at radius 3 is 2.32 bits per heavy atom. The maximum Gasteiger partial charge on any atom is 0.422 e. The number of aliphatic hydroxyl groups is 1. The van der Waals surface area contributed by atoms with Crippen LogP contribution in [-0.4, -0.2) is 90.9 Å².